The Morgan fingerprint density at radius 1 is 0.762 bits per heavy atom. The van der Waals surface area contributed by atoms with Crippen molar-refractivity contribution in [3.63, 3.8) is 0 Å². The summed E-state index contributed by atoms with van der Waals surface area (Å²) in [6.07, 6.45) is 3.43. The molecule has 100 valence electrons. The summed E-state index contributed by atoms with van der Waals surface area (Å²) in [5.41, 5.74) is 7.00. The van der Waals surface area contributed by atoms with Gasteiger partial charge in [-0.25, -0.2) is 0 Å². The van der Waals surface area contributed by atoms with Gasteiger partial charge in [0, 0.05) is 25.8 Å². The Balaban J connectivity index is 0.00000132. The van der Waals surface area contributed by atoms with Gasteiger partial charge in [-0.05, 0) is 46.4 Å². The quantitative estimate of drug-likeness (QED) is 0.446. The molecule has 0 aromatic heterocycles. The van der Waals surface area contributed by atoms with Crippen LogP contribution in [0.2, 0.25) is 0 Å². The van der Waals surface area contributed by atoms with E-state index in [1.807, 2.05) is 0 Å². The monoisotopic (exact) mass is 436 g/mol. The molecule has 4 rings (SSSR count). The third-order valence-electron chi connectivity index (χ3n) is 4.14. The molecule has 0 nitrogen and oxygen atoms in total. The maximum absolute atomic E-state index is 2.34. The average Bonchev–Trinajstić information content (AvgIpc) is 2.87. The van der Waals surface area contributed by atoms with Crippen molar-refractivity contribution in [2.45, 2.75) is 13.3 Å². The Morgan fingerprint density at radius 3 is 2.38 bits per heavy atom. The number of hydrogen-bond donors (Lipinski definition) is 0. The molecular formula is C20H16Hf. The Labute approximate surface area is 144 Å². The van der Waals surface area contributed by atoms with E-state index in [0.29, 0.717) is 0 Å². The zero-order valence-corrected chi connectivity index (χ0v) is 15.7. The van der Waals surface area contributed by atoms with Gasteiger partial charge in [0.1, 0.15) is 0 Å². The van der Waals surface area contributed by atoms with Crippen LogP contribution in [0.25, 0.3) is 28.0 Å². The van der Waals surface area contributed by atoms with Crippen LogP contribution in [0.1, 0.15) is 18.1 Å². The van der Waals surface area contributed by atoms with Gasteiger partial charge in [0.2, 0.25) is 0 Å². The van der Waals surface area contributed by atoms with Crippen LogP contribution < -0.4 is 0 Å². The Bertz CT molecular complexity index is 838. The zero-order chi connectivity index (χ0) is 13.5. The van der Waals surface area contributed by atoms with Crippen molar-refractivity contribution in [2.75, 3.05) is 0 Å². The first-order chi connectivity index (χ1) is 9.83. The van der Waals surface area contributed by atoms with Crippen LogP contribution in [0.5, 0.6) is 0 Å². The van der Waals surface area contributed by atoms with Gasteiger partial charge in [0.05, 0.1) is 0 Å². The van der Waals surface area contributed by atoms with Gasteiger partial charge >= 0.3 is 0 Å². The van der Waals surface area contributed by atoms with Crippen LogP contribution >= 0.6 is 0 Å². The third-order valence-corrected chi connectivity index (χ3v) is 4.14. The molecule has 0 spiro atoms. The molecule has 0 radical (unpaired) electrons. The Hall–Kier alpha value is -1.47. The van der Waals surface area contributed by atoms with E-state index in [1.165, 1.54) is 38.6 Å². The van der Waals surface area contributed by atoms with Gasteiger partial charge in [0.15, 0.2) is 0 Å². The van der Waals surface area contributed by atoms with Crippen molar-refractivity contribution in [3.05, 3.63) is 77.4 Å². The predicted molar refractivity (Wildman–Crippen MR) is 86.7 cm³/mol. The van der Waals surface area contributed by atoms with E-state index in [-0.39, 0.29) is 25.8 Å². The average molecular weight is 435 g/mol. The summed E-state index contributed by atoms with van der Waals surface area (Å²) in [6.45, 7) is 2.22. The Morgan fingerprint density at radius 2 is 1.48 bits per heavy atom. The smallest absolute Gasteiger partial charge is 0 e. The first-order valence-corrected chi connectivity index (χ1v) is 7.10. The summed E-state index contributed by atoms with van der Waals surface area (Å²) < 4.78 is 0. The molecular weight excluding hydrogens is 419 g/mol. The van der Waals surface area contributed by atoms with Crippen molar-refractivity contribution < 1.29 is 25.8 Å². The summed E-state index contributed by atoms with van der Waals surface area (Å²) in [5.74, 6) is 0. The molecule has 21 heavy (non-hydrogen) atoms. The number of benzene rings is 3. The molecule has 0 aliphatic heterocycles. The fourth-order valence-corrected chi connectivity index (χ4v) is 3.23. The van der Waals surface area contributed by atoms with E-state index in [2.05, 4.69) is 73.7 Å². The second-order valence-corrected chi connectivity index (χ2v) is 5.57. The molecule has 0 unspecified atom stereocenters. The van der Waals surface area contributed by atoms with Gasteiger partial charge in [-0.3, -0.25) is 0 Å². The molecule has 0 amide bonds. The fourth-order valence-electron chi connectivity index (χ4n) is 3.23. The van der Waals surface area contributed by atoms with Crippen LogP contribution in [0.4, 0.5) is 0 Å². The minimum atomic E-state index is 0. The maximum atomic E-state index is 2.34. The molecule has 3 aromatic carbocycles. The number of fused-ring (bicyclic) bond motifs is 2. The van der Waals surface area contributed by atoms with E-state index in [0.717, 1.165) is 6.42 Å². The first-order valence-electron chi connectivity index (χ1n) is 7.10. The molecule has 0 fully saturated rings. The van der Waals surface area contributed by atoms with E-state index in [4.69, 9.17) is 0 Å². The van der Waals surface area contributed by atoms with E-state index in [1.54, 1.807) is 0 Å². The van der Waals surface area contributed by atoms with Crippen LogP contribution in [-0.2, 0) is 32.3 Å². The van der Waals surface area contributed by atoms with Gasteiger partial charge in [-0.1, -0.05) is 72.3 Å². The Kier molecular flexibility index (Phi) is 3.95. The van der Waals surface area contributed by atoms with E-state index >= 15 is 0 Å². The van der Waals surface area contributed by atoms with E-state index < -0.39 is 0 Å². The predicted octanol–water partition coefficient (Wildman–Crippen LogP) is 5.46. The number of hydrogen-bond acceptors (Lipinski definition) is 0. The summed E-state index contributed by atoms with van der Waals surface area (Å²) in [5, 5.41) is 2.64. The number of allylic oxidation sites excluding steroid dienone is 1. The molecule has 1 heteroatoms. The SMILES string of the molecule is CC1=Cc2c(cccc2-c2cccc3ccccc23)C1.[Hf]. The summed E-state index contributed by atoms with van der Waals surface area (Å²) in [4.78, 5) is 0. The third kappa shape index (κ3) is 2.44. The van der Waals surface area contributed by atoms with Gasteiger partial charge in [0.25, 0.3) is 0 Å². The molecule has 0 atom stereocenters. The molecule has 1 aliphatic carbocycles. The summed E-state index contributed by atoms with van der Waals surface area (Å²) >= 11 is 0. The summed E-state index contributed by atoms with van der Waals surface area (Å²) in [6, 6.07) is 21.9. The van der Waals surface area contributed by atoms with Crippen LogP contribution in [0.15, 0.2) is 66.2 Å². The normalized spacial score (nSPS) is 12.7. The fraction of sp³-hybridized carbons (Fsp3) is 0.100. The topological polar surface area (TPSA) is 0 Å². The number of rotatable bonds is 1. The van der Waals surface area contributed by atoms with Gasteiger partial charge < -0.3 is 0 Å². The molecule has 0 bridgehead atoms. The minimum absolute atomic E-state index is 0. The maximum Gasteiger partial charge on any atom is 0 e. The molecule has 3 aromatic rings. The van der Waals surface area contributed by atoms with Crippen LogP contribution in [0.3, 0.4) is 0 Å². The van der Waals surface area contributed by atoms with Crippen molar-refractivity contribution in [3.8, 4) is 11.1 Å². The van der Waals surface area contributed by atoms with Crippen LogP contribution in [0, 0.1) is 0 Å². The summed E-state index contributed by atoms with van der Waals surface area (Å²) in [7, 11) is 0. The molecule has 1 aliphatic rings. The second kappa shape index (κ2) is 5.73. The first kappa shape index (κ1) is 14.5. The van der Waals surface area contributed by atoms with Crippen LogP contribution in [-0.4, -0.2) is 0 Å². The van der Waals surface area contributed by atoms with Crippen molar-refractivity contribution in [1.82, 2.24) is 0 Å². The zero-order valence-electron chi connectivity index (χ0n) is 12.1. The standard InChI is InChI=1S/C20H16.Hf/c1-14-12-16-8-5-11-19(20(16)13-14)18-10-4-7-15-6-2-3-9-17(15)18;/h2-11,13H,12H2,1H3;. The van der Waals surface area contributed by atoms with Crippen molar-refractivity contribution in [1.29, 1.82) is 0 Å². The van der Waals surface area contributed by atoms with E-state index in [9.17, 15) is 0 Å². The largest absolute Gasteiger partial charge is 0.0683 e. The molecule has 0 saturated heterocycles. The van der Waals surface area contributed by atoms with Gasteiger partial charge in [-0.15, -0.1) is 0 Å². The molecule has 0 saturated carbocycles. The van der Waals surface area contributed by atoms with Crippen molar-refractivity contribution in [2.24, 2.45) is 0 Å². The van der Waals surface area contributed by atoms with Crippen molar-refractivity contribution >= 4 is 16.8 Å². The second-order valence-electron chi connectivity index (χ2n) is 5.57. The van der Waals surface area contributed by atoms with Gasteiger partial charge in [-0.2, -0.15) is 0 Å². The minimum Gasteiger partial charge on any atom is -0.0683 e. The molecule has 0 heterocycles. The molecule has 0 N–H and O–H groups in total.